The van der Waals surface area contributed by atoms with E-state index in [0.717, 1.165) is 34.8 Å². The average Bonchev–Trinajstić information content (AvgIpc) is 2.99. The fraction of sp³-hybridized carbons (Fsp3) is 0.400. The van der Waals surface area contributed by atoms with E-state index in [1.165, 1.54) is 5.56 Å². The third-order valence-electron chi connectivity index (χ3n) is 4.22. The lowest BCUT2D eigenvalue weighted by atomic mass is 9.92. The number of methoxy groups -OCH3 is 1. The molecule has 5 heteroatoms. The number of fused-ring (bicyclic) bond motifs is 1. The van der Waals surface area contributed by atoms with Crippen LogP contribution in [-0.4, -0.2) is 34.9 Å². The summed E-state index contributed by atoms with van der Waals surface area (Å²) in [7, 11) is 1.70. The number of aryl methyl sites for hydroxylation is 1. The maximum Gasteiger partial charge on any atom is 0.165 e. The molecule has 0 unspecified atom stereocenters. The first kappa shape index (κ1) is 17.4. The molecule has 0 bridgehead atoms. The first-order valence-corrected chi connectivity index (χ1v) is 8.59. The van der Waals surface area contributed by atoms with E-state index < -0.39 is 0 Å². The van der Waals surface area contributed by atoms with E-state index in [1.54, 1.807) is 7.11 Å². The maximum atomic E-state index is 5.15. The molecule has 0 aliphatic rings. The van der Waals surface area contributed by atoms with Crippen molar-refractivity contribution in [3.8, 4) is 11.1 Å². The van der Waals surface area contributed by atoms with Gasteiger partial charge in [0.15, 0.2) is 5.65 Å². The van der Waals surface area contributed by atoms with E-state index in [9.17, 15) is 0 Å². The summed E-state index contributed by atoms with van der Waals surface area (Å²) < 4.78 is 7.03. The van der Waals surface area contributed by atoms with E-state index in [0.29, 0.717) is 6.61 Å². The van der Waals surface area contributed by atoms with Crippen molar-refractivity contribution in [2.75, 3.05) is 25.6 Å². The van der Waals surface area contributed by atoms with Gasteiger partial charge in [0.25, 0.3) is 0 Å². The number of hydrogen-bond donors (Lipinski definition) is 1. The Kier molecular flexibility index (Phi) is 4.77. The molecule has 0 spiro atoms. The molecule has 2 aromatic heterocycles. The topological polar surface area (TPSA) is 51.5 Å². The number of nitrogens with one attached hydrogen (secondary N) is 1. The summed E-state index contributed by atoms with van der Waals surface area (Å²) in [6, 6.07) is 10.6. The second kappa shape index (κ2) is 6.84. The first-order valence-electron chi connectivity index (χ1n) is 8.59. The van der Waals surface area contributed by atoms with Crippen LogP contribution < -0.4 is 5.32 Å². The highest BCUT2D eigenvalue weighted by atomic mass is 16.5. The lowest BCUT2D eigenvalue weighted by Gasteiger charge is -2.20. The molecule has 3 rings (SSSR count). The lowest BCUT2D eigenvalue weighted by molar-refractivity contribution is 0.210. The van der Waals surface area contributed by atoms with Crippen LogP contribution in [0.25, 0.3) is 16.8 Å². The number of hydrogen-bond acceptors (Lipinski definition) is 4. The van der Waals surface area contributed by atoms with Gasteiger partial charge < -0.3 is 10.1 Å². The predicted molar refractivity (Wildman–Crippen MR) is 102 cm³/mol. The molecule has 0 atom stereocenters. The van der Waals surface area contributed by atoms with Gasteiger partial charge in [-0.15, -0.1) is 0 Å². The molecule has 1 aromatic carbocycles. The van der Waals surface area contributed by atoms with Crippen molar-refractivity contribution in [2.45, 2.75) is 33.1 Å². The molecule has 5 nitrogen and oxygen atoms in total. The van der Waals surface area contributed by atoms with Gasteiger partial charge in [0, 0.05) is 30.7 Å². The minimum Gasteiger partial charge on any atom is -0.383 e. The molecule has 1 N–H and O–H groups in total. The molecule has 0 saturated carbocycles. The number of aromatic nitrogens is 3. The summed E-state index contributed by atoms with van der Waals surface area (Å²) in [6.45, 7) is 9.97. The minimum atomic E-state index is -0.0474. The fourth-order valence-electron chi connectivity index (χ4n) is 2.69. The van der Waals surface area contributed by atoms with Gasteiger partial charge in [-0.3, -0.25) is 0 Å². The summed E-state index contributed by atoms with van der Waals surface area (Å²) in [6.07, 6.45) is 1.89. The van der Waals surface area contributed by atoms with Crippen LogP contribution in [0, 0.1) is 6.92 Å². The van der Waals surface area contributed by atoms with Crippen molar-refractivity contribution >= 4 is 11.5 Å². The van der Waals surface area contributed by atoms with Crippen LogP contribution in [0.3, 0.4) is 0 Å². The van der Waals surface area contributed by atoms with Gasteiger partial charge in [-0.2, -0.15) is 9.61 Å². The standard InChI is InChI=1S/C20H26N4O/c1-14-6-8-15(9-7-14)16-13-22-24-18(21-10-11-25-5)12-17(20(2,3)4)23-19(16)24/h6-9,12-13,21H,10-11H2,1-5H3. The van der Waals surface area contributed by atoms with Gasteiger partial charge in [-0.25, -0.2) is 4.98 Å². The summed E-state index contributed by atoms with van der Waals surface area (Å²) in [4.78, 5) is 4.92. The molecule has 25 heavy (non-hydrogen) atoms. The zero-order valence-electron chi connectivity index (χ0n) is 15.6. The molecule has 0 radical (unpaired) electrons. The highest BCUT2D eigenvalue weighted by Gasteiger charge is 2.20. The van der Waals surface area contributed by atoms with Crippen LogP contribution in [0.1, 0.15) is 32.0 Å². The van der Waals surface area contributed by atoms with E-state index >= 15 is 0 Å². The number of anilines is 1. The third-order valence-corrected chi connectivity index (χ3v) is 4.22. The van der Waals surface area contributed by atoms with Crippen molar-refractivity contribution in [3.63, 3.8) is 0 Å². The third kappa shape index (κ3) is 3.66. The van der Waals surface area contributed by atoms with Gasteiger partial charge >= 0.3 is 0 Å². The normalized spacial score (nSPS) is 11.9. The van der Waals surface area contributed by atoms with Crippen LogP contribution in [0.4, 0.5) is 5.82 Å². The van der Waals surface area contributed by atoms with Crippen LogP contribution >= 0.6 is 0 Å². The molecular formula is C20H26N4O. The summed E-state index contributed by atoms with van der Waals surface area (Å²) in [5, 5.41) is 7.98. The molecule has 0 aliphatic heterocycles. The van der Waals surface area contributed by atoms with Gasteiger partial charge in [-0.1, -0.05) is 50.6 Å². The fourth-order valence-corrected chi connectivity index (χ4v) is 2.69. The van der Waals surface area contributed by atoms with E-state index in [4.69, 9.17) is 9.72 Å². The number of ether oxygens (including phenoxy) is 1. The van der Waals surface area contributed by atoms with E-state index in [2.05, 4.69) is 68.4 Å². The van der Waals surface area contributed by atoms with Crippen molar-refractivity contribution in [1.82, 2.24) is 14.6 Å². The predicted octanol–water partition coefficient (Wildman–Crippen LogP) is 4.06. The van der Waals surface area contributed by atoms with Gasteiger partial charge in [0.2, 0.25) is 0 Å². The molecule has 3 aromatic rings. The molecule has 0 amide bonds. The summed E-state index contributed by atoms with van der Waals surface area (Å²) in [5.74, 6) is 0.935. The Bertz CT molecular complexity index is 860. The molecule has 0 aliphatic carbocycles. The minimum absolute atomic E-state index is 0.0474. The summed E-state index contributed by atoms with van der Waals surface area (Å²) >= 11 is 0. The Balaban J connectivity index is 2.14. The monoisotopic (exact) mass is 338 g/mol. The van der Waals surface area contributed by atoms with Crippen molar-refractivity contribution in [3.05, 3.63) is 47.8 Å². The van der Waals surface area contributed by atoms with Crippen molar-refractivity contribution in [1.29, 1.82) is 0 Å². The van der Waals surface area contributed by atoms with E-state index in [1.807, 2.05) is 10.7 Å². The molecule has 2 heterocycles. The van der Waals surface area contributed by atoms with Gasteiger partial charge in [-0.05, 0) is 12.5 Å². The molecule has 132 valence electrons. The Morgan fingerprint density at radius 2 is 1.88 bits per heavy atom. The van der Waals surface area contributed by atoms with Crippen molar-refractivity contribution in [2.24, 2.45) is 0 Å². The Labute approximate surface area is 149 Å². The van der Waals surface area contributed by atoms with E-state index in [-0.39, 0.29) is 5.41 Å². The average molecular weight is 338 g/mol. The second-order valence-electron chi connectivity index (χ2n) is 7.36. The first-order chi connectivity index (χ1) is 11.9. The largest absolute Gasteiger partial charge is 0.383 e. The smallest absolute Gasteiger partial charge is 0.165 e. The lowest BCUT2D eigenvalue weighted by Crippen LogP contribution is -2.17. The molecule has 0 saturated heterocycles. The second-order valence-corrected chi connectivity index (χ2v) is 7.36. The van der Waals surface area contributed by atoms with Crippen LogP contribution in [-0.2, 0) is 10.2 Å². The van der Waals surface area contributed by atoms with Gasteiger partial charge in [0.05, 0.1) is 18.5 Å². The Hall–Kier alpha value is -2.40. The quantitative estimate of drug-likeness (QED) is 0.713. The highest BCUT2D eigenvalue weighted by molar-refractivity contribution is 5.78. The van der Waals surface area contributed by atoms with Crippen LogP contribution in [0.15, 0.2) is 36.5 Å². The molecular weight excluding hydrogens is 312 g/mol. The Morgan fingerprint density at radius 1 is 1.16 bits per heavy atom. The van der Waals surface area contributed by atoms with Crippen LogP contribution in [0.2, 0.25) is 0 Å². The SMILES string of the molecule is COCCNc1cc(C(C)(C)C)nc2c(-c3ccc(C)cc3)cnn12. The summed E-state index contributed by atoms with van der Waals surface area (Å²) in [5.41, 5.74) is 5.27. The molecule has 0 fully saturated rings. The van der Waals surface area contributed by atoms with Crippen molar-refractivity contribution < 1.29 is 4.74 Å². The Morgan fingerprint density at radius 3 is 2.52 bits per heavy atom. The zero-order chi connectivity index (χ0) is 18.0. The zero-order valence-corrected chi connectivity index (χ0v) is 15.6. The van der Waals surface area contributed by atoms with Gasteiger partial charge in [0.1, 0.15) is 5.82 Å². The number of nitrogens with zero attached hydrogens (tertiary/aromatic N) is 3. The number of benzene rings is 1. The highest BCUT2D eigenvalue weighted by Crippen LogP contribution is 2.29. The van der Waals surface area contributed by atoms with Crippen LogP contribution in [0.5, 0.6) is 0 Å². The maximum absolute atomic E-state index is 5.15. The number of rotatable bonds is 5.